The molecule has 1 aromatic carbocycles. The van der Waals surface area contributed by atoms with Gasteiger partial charge in [0.15, 0.2) is 11.4 Å². The van der Waals surface area contributed by atoms with Gasteiger partial charge in [0.25, 0.3) is 6.01 Å². The molecule has 4 rings (SSSR count). The van der Waals surface area contributed by atoms with Crippen molar-refractivity contribution in [2.75, 3.05) is 36.0 Å². The predicted molar refractivity (Wildman–Crippen MR) is 80.4 cm³/mol. The fourth-order valence-corrected chi connectivity index (χ4v) is 2.59. The number of hydrogen-bond donors (Lipinski definition) is 0. The molecule has 0 unspecified atom stereocenters. The van der Waals surface area contributed by atoms with E-state index in [0.717, 1.165) is 12.4 Å². The zero-order valence-electron chi connectivity index (χ0n) is 12.1. The van der Waals surface area contributed by atoms with Crippen LogP contribution in [0, 0.1) is 11.6 Å². The predicted octanol–water partition coefficient (Wildman–Crippen LogP) is 2.22. The van der Waals surface area contributed by atoms with Gasteiger partial charge in [-0.2, -0.15) is 4.98 Å². The quantitative estimate of drug-likeness (QED) is 0.722. The van der Waals surface area contributed by atoms with Crippen LogP contribution in [0.4, 0.5) is 20.7 Å². The van der Waals surface area contributed by atoms with E-state index in [4.69, 9.17) is 4.42 Å². The van der Waals surface area contributed by atoms with Crippen LogP contribution in [-0.4, -0.2) is 41.1 Å². The molecule has 0 spiro atoms. The largest absolute Gasteiger partial charge is 0.423 e. The van der Waals surface area contributed by atoms with Crippen LogP contribution in [0.5, 0.6) is 0 Å². The van der Waals surface area contributed by atoms with Crippen LogP contribution in [0.3, 0.4) is 0 Å². The lowest BCUT2D eigenvalue weighted by Crippen LogP contribution is -2.47. The minimum atomic E-state index is -0.453. The first-order valence-electron chi connectivity index (χ1n) is 7.22. The van der Waals surface area contributed by atoms with Gasteiger partial charge < -0.3 is 14.2 Å². The molecule has 1 saturated heterocycles. The molecule has 0 radical (unpaired) electrons. The fraction of sp³-hybridized carbons (Fsp3) is 0.267. The Labute approximate surface area is 130 Å². The van der Waals surface area contributed by atoms with Crippen molar-refractivity contribution in [1.82, 2.24) is 15.0 Å². The van der Waals surface area contributed by atoms with E-state index >= 15 is 0 Å². The first kappa shape index (κ1) is 13.9. The molecule has 23 heavy (non-hydrogen) atoms. The van der Waals surface area contributed by atoms with Gasteiger partial charge in [0.1, 0.15) is 11.3 Å². The lowest BCUT2D eigenvalue weighted by molar-refractivity contribution is 0.535. The summed E-state index contributed by atoms with van der Waals surface area (Å²) >= 11 is 0. The molecule has 0 N–H and O–H groups in total. The van der Waals surface area contributed by atoms with Crippen LogP contribution in [-0.2, 0) is 0 Å². The van der Waals surface area contributed by atoms with E-state index < -0.39 is 5.82 Å². The molecular weight excluding hydrogens is 304 g/mol. The van der Waals surface area contributed by atoms with Gasteiger partial charge in [-0.1, -0.05) is 0 Å². The summed E-state index contributed by atoms with van der Waals surface area (Å²) in [5.74, 6) is -0.296. The average Bonchev–Trinajstić information content (AvgIpc) is 2.99. The third kappa shape index (κ3) is 2.67. The number of nitrogens with zero attached hydrogens (tertiary/aromatic N) is 5. The van der Waals surface area contributed by atoms with Gasteiger partial charge in [0.05, 0.1) is 12.4 Å². The van der Waals surface area contributed by atoms with Crippen molar-refractivity contribution in [1.29, 1.82) is 0 Å². The maximum atomic E-state index is 13.2. The number of piperazine rings is 1. The number of anilines is 2. The first-order valence-corrected chi connectivity index (χ1v) is 7.22. The number of fused-ring (bicyclic) bond motifs is 1. The molecule has 3 heterocycles. The van der Waals surface area contributed by atoms with Crippen LogP contribution in [0.2, 0.25) is 0 Å². The molecule has 8 heteroatoms. The van der Waals surface area contributed by atoms with Gasteiger partial charge in [0, 0.05) is 32.2 Å². The zero-order valence-corrected chi connectivity index (χ0v) is 12.1. The molecule has 0 amide bonds. The molecule has 1 aliphatic heterocycles. The van der Waals surface area contributed by atoms with Crippen LogP contribution >= 0.6 is 0 Å². The first-order chi connectivity index (χ1) is 11.2. The van der Waals surface area contributed by atoms with Gasteiger partial charge in [0.2, 0.25) is 5.95 Å². The summed E-state index contributed by atoms with van der Waals surface area (Å²) in [6.07, 6.45) is 2.31. The van der Waals surface area contributed by atoms with Gasteiger partial charge in [-0.3, -0.25) is 0 Å². The zero-order chi connectivity index (χ0) is 15.8. The van der Waals surface area contributed by atoms with Crippen LogP contribution in [0.1, 0.15) is 0 Å². The van der Waals surface area contributed by atoms with E-state index in [1.54, 1.807) is 6.07 Å². The highest BCUT2D eigenvalue weighted by Gasteiger charge is 2.22. The topological polar surface area (TPSA) is 58.3 Å². The normalized spacial score (nSPS) is 15.4. The maximum absolute atomic E-state index is 13.2. The SMILES string of the molecule is Fc1cnc(N2CCN(c3nc4ccc(F)cc4o3)CC2)nc1. The number of aromatic nitrogens is 3. The van der Waals surface area contributed by atoms with E-state index in [2.05, 4.69) is 15.0 Å². The molecular formula is C15H13F2N5O. The van der Waals surface area contributed by atoms with Crippen molar-refractivity contribution in [2.24, 2.45) is 0 Å². The van der Waals surface area contributed by atoms with E-state index in [0.29, 0.717) is 49.2 Å². The molecule has 0 saturated carbocycles. The highest BCUT2D eigenvalue weighted by atomic mass is 19.1. The van der Waals surface area contributed by atoms with Crippen molar-refractivity contribution in [2.45, 2.75) is 0 Å². The summed E-state index contributed by atoms with van der Waals surface area (Å²) in [5.41, 5.74) is 1.06. The van der Waals surface area contributed by atoms with Crippen LogP contribution < -0.4 is 9.80 Å². The number of hydrogen-bond acceptors (Lipinski definition) is 6. The lowest BCUT2D eigenvalue weighted by Gasteiger charge is -2.33. The number of benzene rings is 1. The molecule has 1 aliphatic rings. The molecule has 2 aromatic heterocycles. The molecule has 0 bridgehead atoms. The van der Waals surface area contributed by atoms with E-state index in [9.17, 15) is 8.78 Å². The van der Waals surface area contributed by atoms with Crippen molar-refractivity contribution in [3.8, 4) is 0 Å². The Bertz CT molecular complexity index is 828. The Hall–Kier alpha value is -2.77. The lowest BCUT2D eigenvalue weighted by atomic mass is 10.3. The molecule has 1 fully saturated rings. The Morgan fingerprint density at radius 2 is 1.61 bits per heavy atom. The Morgan fingerprint density at radius 3 is 2.35 bits per heavy atom. The summed E-state index contributed by atoms with van der Waals surface area (Å²) < 4.78 is 31.7. The summed E-state index contributed by atoms with van der Waals surface area (Å²) in [5, 5.41) is 0. The Kier molecular flexibility index (Phi) is 3.29. The second kappa shape index (κ2) is 5.45. The second-order valence-corrected chi connectivity index (χ2v) is 5.28. The summed E-state index contributed by atoms with van der Waals surface area (Å²) in [7, 11) is 0. The second-order valence-electron chi connectivity index (χ2n) is 5.28. The van der Waals surface area contributed by atoms with Crippen LogP contribution in [0.15, 0.2) is 35.0 Å². The molecule has 0 aliphatic carbocycles. The van der Waals surface area contributed by atoms with Crippen molar-refractivity contribution in [3.05, 3.63) is 42.2 Å². The fourth-order valence-electron chi connectivity index (χ4n) is 2.59. The maximum Gasteiger partial charge on any atom is 0.298 e. The van der Waals surface area contributed by atoms with Crippen molar-refractivity contribution in [3.63, 3.8) is 0 Å². The molecule has 3 aromatic rings. The molecule has 6 nitrogen and oxygen atoms in total. The van der Waals surface area contributed by atoms with Gasteiger partial charge in [-0.05, 0) is 12.1 Å². The highest BCUT2D eigenvalue weighted by Crippen LogP contribution is 2.24. The third-order valence-electron chi connectivity index (χ3n) is 3.78. The minimum Gasteiger partial charge on any atom is -0.423 e. The van der Waals surface area contributed by atoms with Crippen LogP contribution in [0.25, 0.3) is 11.1 Å². The summed E-state index contributed by atoms with van der Waals surface area (Å²) in [6, 6.07) is 4.76. The molecule has 118 valence electrons. The summed E-state index contributed by atoms with van der Waals surface area (Å²) in [4.78, 5) is 16.3. The van der Waals surface area contributed by atoms with Crippen molar-refractivity contribution < 1.29 is 13.2 Å². The Morgan fingerprint density at radius 1 is 0.913 bits per heavy atom. The smallest absolute Gasteiger partial charge is 0.298 e. The van der Waals surface area contributed by atoms with Gasteiger partial charge in [-0.25, -0.2) is 18.7 Å². The number of halogens is 2. The molecule has 0 atom stereocenters. The average molecular weight is 317 g/mol. The van der Waals surface area contributed by atoms with E-state index in [1.807, 2.05) is 9.80 Å². The number of rotatable bonds is 2. The minimum absolute atomic E-state index is 0.349. The monoisotopic (exact) mass is 317 g/mol. The van der Waals surface area contributed by atoms with Gasteiger partial charge >= 0.3 is 0 Å². The van der Waals surface area contributed by atoms with Crippen molar-refractivity contribution >= 4 is 23.1 Å². The Balaban J connectivity index is 1.48. The standard InChI is InChI=1S/C15H13F2N5O/c16-10-1-2-12-13(7-10)23-15(20-12)22-5-3-21(4-6-22)14-18-8-11(17)9-19-14/h1-2,7-9H,3-6H2. The van der Waals surface area contributed by atoms with E-state index in [1.165, 1.54) is 12.1 Å². The summed E-state index contributed by atoms with van der Waals surface area (Å²) in [6.45, 7) is 2.66. The number of oxazole rings is 1. The van der Waals surface area contributed by atoms with Gasteiger partial charge in [-0.15, -0.1) is 0 Å². The third-order valence-corrected chi connectivity index (χ3v) is 3.78. The highest BCUT2D eigenvalue weighted by molar-refractivity contribution is 5.74. The van der Waals surface area contributed by atoms with E-state index in [-0.39, 0.29) is 5.82 Å².